The van der Waals surface area contributed by atoms with Crippen molar-refractivity contribution in [1.82, 2.24) is 0 Å². The molecule has 0 fully saturated rings. The Bertz CT molecular complexity index is 242. The fourth-order valence-electron chi connectivity index (χ4n) is 3.31. The van der Waals surface area contributed by atoms with Crippen LogP contribution in [-0.4, -0.2) is 32.4 Å². The van der Waals surface area contributed by atoms with E-state index in [0.717, 1.165) is 6.29 Å². The molecule has 1 N–H and O–H groups in total. The first-order chi connectivity index (χ1) is 8.73. The van der Waals surface area contributed by atoms with Crippen molar-refractivity contribution in [3.05, 3.63) is 0 Å². The molecule has 0 rings (SSSR count). The van der Waals surface area contributed by atoms with Gasteiger partial charge in [-0.05, 0) is 23.0 Å². The smallest absolute Gasteiger partial charge is 0.200 e. The summed E-state index contributed by atoms with van der Waals surface area (Å²) in [6.45, 7) is 15.3. The summed E-state index contributed by atoms with van der Waals surface area (Å²) in [5.41, 5.74) is 1.48. The van der Waals surface area contributed by atoms with E-state index in [4.69, 9.17) is 4.43 Å². The van der Waals surface area contributed by atoms with E-state index in [1.54, 1.807) is 0 Å². The first-order valence-corrected chi connectivity index (χ1v) is 9.61. The average molecular weight is 289 g/mol. The summed E-state index contributed by atoms with van der Waals surface area (Å²) in [4.78, 5) is 11.1. The molecule has 0 aromatic carbocycles. The predicted molar refractivity (Wildman–Crippen MR) is 82.9 cm³/mol. The third kappa shape index (κ3) is 4.40. The monoisotopic (exact) mass is 288 g/mol. The molecule has 0 aliphatic carbocycles. The first-order valence-electron chi connectivity index (χ1n) is 7.47. The summed E-state index contributed by atoms with van der Waals surface area (Å²) in [6, 6.07) is 0. The summed E-state index contributed by atoms with van der Waals surface area (Å²) in [6.07, 6.45) is 1.34. The lowest BCUT2D eigenvalue weighted by Gasteiger charge is -2.45. The van der Waals surface area contributed by atoms with Crippen molar-refractivity contribution >= 4 is 14.6 Å². The maximum absolute atomic E-state index is 11.1. The maximum atomic E-state index is 11.1. The van der Waals surface area contributed by atoms with Crippen LogP contribution in [0.2, 0.25) is 16.6 Å². The van der Waals surface area contributed by atoms with Crippen LogP contribution in [0.1, 0.15) is 54.9 Å². The van der Waals surface area contributed by atoms with Crippen molar-refractivity contribution in [2.45, 2.75) is 77.6 Å². The fourth-order valence-corrected chi connectivity index (χ4v) is 8.99. The molecule has 0 radical (unpaired) electrons. The van der Waals surface area contributed by atoms with E-state index < -0.39 is 8.32 Å². The SMILES string of the molecule is CC(C)[Si](O[C@H](CCO)[C@H](C)C=O)(C(C)C)C(C)C. The number of carbonyl (C=O) groups is 1. The highest BCUT2D eigenvalue weighted by Gasteiger charge is 2.47. The van der Waals surface area contributed by atoms with Crippen molar-refractivity contribution in [2.75, 3.05) is 6.61 Å². The van der Waals surface area contributed by atoms with Crippen LogP contribution in [-0.2, 0) is 9.22 Å². The van der Waals surface area contributed by atoms with Crippen LogP contribution in [0.5, 0.6) is 0 Å². The molecule has 2 atom stereocenters. The van der Waals surface area contributed by atoms with Gasteiger partial charge in [0.05, 0.1) is 6.10 Å². The molecule has 0 saturated carbocycles. The largest absolute Gasteiger partial charge is 0.412 e. The summed E-state index contributed by atoms with van der Waals surface area (Å²) in [5.74, 6) is -0.157. The Kier molecular flexibility index (Phi) is 8.09. The molecular formula is C15H32O3Si. The Balaban J connectivity index is 5.31. The quantitative estimate of drug-likeness (QED) is 0.519. The van der Waals surface area contributed by atoms with Crippen molar-refractivity contribution in [1.29, 1.82) is 0 Å². The normalized spacial score (nSPS) is 16.2. The standard InChI is InChI=1S/C15H32O3Si/c1-11(2)19(12(3)4,13(5)6)18-15(8-9-16)14(7)10-17/h10-16H,8-9H2,1-7H3/t14-,15-/m1/s1. The highest BCUT2D eigenvalue weighted by Crippen LogP contribution is 2.43. The van der Waals surface area contributed by atoms with Crippen molar-refractivity contribution in [2.24, 2.45) is 5.92 Å². The van der Waals surface area contributed by atoms with Gasteiger partial charge in [0.1, 0.15) is 6.29 Å². The average Bonchev–Trinajstić information content (AvgIpc) is 2.31. The highest BCUT2D eigenvalue weighted by atomic mass is 28.4. The van der Waals surface area contributed by atoms with Crippen molar-refractivity contribution < 1.29 is 14.3 Å². The number of aliphatic hydroxyl groups is 1. The Morgan fingerprint density at radius 2 is 1.42 bits per heavy atom. The Morgan fingerprint density at radius 1 is 1.00 bits per heavy atom. The Labute approximate surface area is 119 Å². The van der Waals surface area contributed by atoms with Gasteiger partial charge < -0.3 is 14.3 Å². The number of aldehydes is 1. The van der Waals surface area contributed by atoms with Crippen LogP contribution in [0.15, 0.2) is 0 Å². The van der Waals surface area contributed by atoms with E-state index >= 15 is 0 Å². The minimum absolute atomic E-state index is 0.0710. The van der Waals surface area contributed by atoms with Gasteiger partial charge in [0.25, 0.3) is 0 Å². The molecule has 0 aromatic heterocycles. The summed E-state index contributed by atoms with van der Waals surface area (Å²) < 4.78 is 6.56. The molecule has 19 heavy (non-hydrogen) atoms. The summed E-state index contributed by atoms with van der Waals surface area (Å²) in [5, 5.41) is 9.21. The van der Waals surface area contributed by atoms with Crippen molar-refractivity contribution in [3.63, 3.8) is 0 Å². The number of aliphatic hydroxyl groups excluding tert-OH is 1. The minimum atomic E-state index is -1.98. The van der Waals surface area contributed by atoms with Gasteiger partial charge in [-0.15, -0.1) is 0 Å². The molecule has 0 spiro atoms. The van der Waals surface area contributed by atoms with Gasteiger partial charge in [0.2, 0.25) is 8.32 Å². The molecule has 4 heteroatoms. The predicted octanol–water partition coefficient (Wildman–Crippen LogP) is 3.76. The summed E-state index contributed by atoms with van der Waals surface area (Å²) in [7, 11) is -1.98. The lowest BCUT2D eigenvalue weighted by atomic mass is 10.0. The van der Waals surface area contributed by atoms with E-state index in [0.29, 0.717) is 23.0 Å². The number of carbonyl (C=O) groups excluding carboxylic acids is 1. The van der Waals surface area contributed by atoms with Gasteiger partial charge in [0.15, 0.2) is 0 Å². The van der Waals surface area contributed by atoms with Gasteiger partial charge in [-0.25, -0.2) is 0 Å². The van der Waals surface area contributed by atoms with Gasteiger partial charge in [-0.3, -0.25) is 0 Å². The van der Waals surface area contributed by atoms with E-state index in [9.17, 15) is 9.90 Å². The van der Waals surface area contributed by atoms with Crippen LogP contribution in [0.4, 0.5) is 0 Å². The second-order valence-electron chi connectivity index (χ2n) is 6.48. The van der Waals surface area contributed by atoms with Crippen LogP contribution >= 0.6 is 0 Å². The lowest BCUT2D eigenvalue weighted by molar-refractivity contribution is -0.113. The number of rotatable bonds is 9. The zero-order valence-corrected chi connectivity index (χ0v) is 14.6. The van der Waals surface area contributed by atoms with Gasteiger partial charge in [0, 0.05) is 12.5 Å². The molecule has 114 valence electrons. The topological polar surface area (TPSA) is 46.5 Å². The zero-order chi connectivity index (χ0) is 15.2. The molecular weight excluding hydrogens is 256 g/mol. The van der Waals surface area contributed by atoms with Crippen molar-refractivity contribution in [3.8, 4) is 0 Å². The molecule has 0 aliphatic rings. The van der Waals surface area contributed by atoms with Crippen LogP contribution in [0.25, 0.3) is 0 Å². The van der Waals surface area contributed by atoms with Crippen LogP contribution in [0, 0.1) is 5.92 Å². The third-order valence-electron chi connectivity index (χ3n) is 4.28. The van der Waals surface area contributed by atoms with Gasteiger partial charge in [-0.2, -0.15) is 0 Å². The maximum Gasteiger partial charge on any atom is 0.200 e. The Morgan fingerprint density at radius 3 is 1.68 bits per heavy atom. The van der Waals surface area contributed by atoms with E-state index in [-0.39, 0.29) is 18.6 Å². The minimum Gasteiger partial charge on any atom is -0.412 e. The molecule has 0 aliphatic heterocycles. The fraction of sp³-hybridized carbons (Fsp3) is 0.933. The third-order valence-corrected chi connectivity index (χ3v) is 10.4. The molecule has 0 aromatic rings. The molecule has 0 unspecified atom stereocenters. The lowest BCUT2D eigenvalue weighted by Crippen LogP contribution is -2.51. The molecule has 0 heterocycles. The first kappa shape index (κ1) is 18.8. The van der Waals surface area contributed by atoms with E-state index in [2.05, 4.69) is 41.5 Å². The zero-order valence-electron chi connectivity index (χ0n) is 13.6. The highest BCUT2D eigenvalue weighted by molar-refractivity contribution is 6.77. The Hall–Kier alpha value is -0.193. The van der Waals surface area contributed by atoms with E-state index in [1.165, 1.54) is 0 Å². The second-order valence-corrected chi connectivity index (χ2v) is 11.9. The number of hydrogen-bond acceptors (Lipinski definition) is 3. The molecule has 0 bridgehead atoms. The summed E-state index contributed by atoms with van der Waals surface area (Å²) >= 11 is 0. The van der Waals surface area contributed by atoms with E-state index in [1.807, 2.05) is 6.92 Å². The number of hydrogen-bond donors (Lipinski definition) is 1. The van der Waals surface area contributed by atoms with Gasteiger partial charge >= 0.3 is 0 Å². The molecule has 0 amide bonds. The second kappa shape index (κ2) is 8.17. The molecule has 0 saturated heterocycles. The molecule has 3 nitrogen and oxygen atoms in total. The van der Waals surface area contributed by atoms with Crippen LogP contribution < -0.4 is 0 Å². The van der Waals surface area contributed by atoms with Crippen LogP contribution in [0.3, 0.4) is 0 Å². The van der Waals surface area contributed by atoms with Gasteiger partial charge in [-0.1, -0.05) is 48.5 Å².